The van der Waals surface area contributed by atoms with Crippen molar-refractivity contribution < 1.29 is 19.1 Å². The standard InChI is InChI=1S/C25H32N2O4/c1-17(2)16-31-22-12-9-20(15-23(22)30-4)18(3)26-24(28)14-19-7-10-21(11-8-19)27-13-5-6-25(27)29/h7-12,15,17-18H,5-6,13-14,16H2,1-4H3,(H,26,28). The van der Waals surface area contributed by atoms with E-state index in [1.54, 1.807) is 12.0 Å². The zero-order valence-electron chi connectivity index (χ0n) is 18.8. The Balaban J connectivity index is 1.58. The fraction of sp³-hybridized carbons (Fsp3) is 0.440. The van der Waals surface area contributed by atoms with Gasteiger partial charge < -0.3 is 19.7 Å². The first-order valence-corrected chi connectivity index (χ1v) is 10.9. The van der Waals surface area contributed by atoms with Gasteiger partial charge in [-0.15, -0.1) is 0 Å². The molecule has 6 heteroatoms. The third-order valence-electron chi connectivity index (χ3n) is 5.32. The van der Waals surface area contributed by atoms with Gasteiger partial charge >= 0.3 is 0 Å². The Kier molecular flexibility index (Phi) is 7.55. The number of carbonyl (C=O) groups excluding carboxylic acids is 2. The first-order valence-electron chi connectivity index (χ1n) is 10.9. The summed E-state index contributed by atoms with van der Waals surface area (Å²) >= 11 is 0. The minimum Gasteiger partial charge on any atom is -0.493 e. The molecule has 2 aromatic carbocycles. The highest BCUT2D eigenvalue weighted by Gasteiger charge is 2.21. The summed E-state index contributed by atoms with van der Waals surface area (Å²) in [5.74, 6) is 1.89. The lowest BCUT2D eigenvalue weighted by molar-refractivity contribution is -0.121. The molecule has 3 rings (SSSR count). The lowest BCUT2D eigenvalue weighted by Crippen LogP contribution is -2.28. The summed E-state index contributed by atoms with van der Waals surface area (Å²) in [5.41, 5.74) is 2.76. The van der Waals surface area contributed by atoms with Crippen LogP contribution in [-0.4, -0.2) is 32.1 Å². The normalized spacial score (nSPS) is 14.6. The van der Waals surface area contributed by atoms with Gasteiger partial charge in [0.05, 0.1) is 26.2 Å². The summed E-state index contributed by atoms with van der Waals surface area (Å²) in [7, 11) is 1.62. The molecule has 1 fully saturated rings. The molecule has 1 aliphatic heterocycles. The van der Waals surface area contributed by atoms with E-state index in [1.165, 1.54) is 0 Å². The molecule has 1 atom stereocenters. The molecule has 0 saturated carbocycles. The zero-order chi connectivity index (χ0) is 22.4. The molecule has 1 heterocycles. The molecule has 2 aromatic rings. The molecule has 0 radical (unpaired) electrons. The molecule has 31 heavy (non-hydrogen) atoms. The summed E-state index contributed by atoms with van der Waals surface area (Å²) < 4.78 is 11.3. The number of hydrogen-bond acceptors (Lipinski definition) is 4. The van der Waals surface area contributed by atoms with Crippen LogP contribution in [0.25, 0.3) is 0 Å². The molecule has 1 aliphatic rings. The molecule has 0 aliphatic carbocycles. The van der Waals surface area contributed by atoms with Crippen LogP contribution in [0, 0.1) is 5.92 Å². The molecule has 1 unspecified atom stereocenters. The van der Waals surface area contributed by atoms with Gasteiger partial charge in [0.2, 0.25) is 11.8 Å². The van der Waals surface area contributed by atoms with Crippen LogP contribution in [0.4, 0.5) is 5.69 Å². The van der Waals surface area contributed by atoms with Crippen molar-refractivity contribution in [3.63, 3.8) is 0 Å². The molecule has 0 aromatic heterocycles. The monoisotopic (exact) mass is 424 g/mol. The fourth-order valence-corrected chi connectivity index (χ4v) is 3.61. The van der Waals surface area contributed by atoms with Crippen LogP contribution in [0.5, 0.6) is 11.5 Å². The number of ether oxygens (including phenoxy) is 2. The number of benzene rings is 2. The van der Waals surface area contributed by atoms with E-state index in [9.17, 15) is 9.59 Å². The number of hydrogen-bond donors (Lipinski definition) is 1. The number of nitrogens with zero attached hydrogens (tertiary/aromatic N) is 1. The molecule has 166 valence electrons. The van der Waals surface area contributed by atoms with Crippen molar-refractivity contribution in [2.75, 3.05) is 25.2 Å². The second kappa shape index (κ2) is 10.3. The van der Waals surface area contributed by atoms with Crippen LogP contribution in [0.1, 0.15) is 50.8 Å². The molecule has 0 spiro atoms. The highest BCUT2D eigenvalue weighted by molar-refractivity contribution is 5.95. The molecular formula is C25H32N2O4. The first-order chi connectivity index (χ1) is 14.9. The van der Waals surface area contributed by atoms with Crippen molar-refractivity contribution in [3.8, 4) is 11.5 Å². The van der Waals surface area contributed by atoms with Crippen molar-refractivity contribution in [2.24, 2.45) is 5.92 Å². The minimum atomic E-state index is -0.165. The lowest BCUT2D eigenvalue weighted by atomic mass is 10.1. The predicted molar refractivity (Wildman–Crippen MR) is 122 cm³/mol. The van der Waals surface area contributed by atoms with E-state index in [2.05, 4.69) is 19.2 Å². The largest absolute Gasteiger partial charge is 0.493 e. The Labute approximate surface area is 184 Å². The second-order valence-corrected chi connectivity index (χ2v) is 8.40. The Bertz CT molecular complexity index is 908. The second-order valence-electron chi connectivity index (χ2n) is 8.40. The molecule has 1 N–H and O–H groups in total. The highest BCUT2D eigenvalue weighted by atomic mass is 16.5. The Morgan fingerprint density at radius 2 is 1.84 bits per heavy atom. The minimum absolute atomic E-state index is 0.0587. The van der Waals surface area contributed by atoms with E-state index in [-0.39, 0.29) is 24.3 Å². The maximum absolute atomic E-state index is 12.6. The van der Waals surface area contributed by atoms with Gasteiger partial charge in [-0.2, -0.15) is 0 Å². The summed E-state index contributed by atoms with van der Waals surface area (Å²) in [6.45, 7) is 7.52. The smallest absolute Gasteiger partial charge is 0.227 e. The maximum atomic E-state index is 12.6. The van der Waals surface area contributed by atoms with Crippen molar-refractivity contribution in [1.29, 1.82) is 0 Å². The van der Waals surface area contributed by atoms with Crippen LogP contribution >= 0.6 is 0 Å². The Morgan fingerprint density at radius 3 is 2.45 bits per heavy atom. The summed E-state index contributed by atoms with van der Waals surface area (Å²) in [5, 5.41) is 3.04. The van der Waals surface area contributed by atoms with Gasteiger partial charge in [0, 0.05) is 18.7 Å². The number of anilines is 1. The number of nitrogens with one attached hydrogen (secondary N) is 1. The van der Waals surface area contributed by atoms with E-state index in [0.717, 1.165) is 29.8 Å². The predicted octanol–water partition coefficient (Wildman–Crippen LogP) is 4.28. The third-order valence-corrected chi connectivity index (χ3v) is 5.32. The SMILES string of the molecule is COc1cc(C(C)NC(=O)Cc2ccc(N3CCCC3=O)cc2)ccc1OCC(C)C. The van der Waals surface area contributed by atoms with E-state index in [4.69, 9.17) is 9.47 Å². The summed E-state index contributed by atoms with van der Waals surface area (Å²) in [4.78, 5) is 26.2. The van der Waals surface area contributed by atoms with Crippen LogP contribution in [0.2, 0.25) is 0 Å². The van der Waals surface area contributed by atoms with E-state index < -0.39 is 0 Å². The van der Waals surface area contributed by atoms with Crippen LogP contribution < -0.4 is 19.7 Å². The highest BCUT2D eigenvalue weighted by Crippen LogP contribution is 2.30. The summed E-state index contributed by atoms with van der Waals surface area (Å²) in [6.07, 6.45) is 1.79. The van der Waals surface area contributed by atoms with E-state index in [1.807, 2.05) is 49.4 Å². The van der Waals surface area contributed by atoms with Crippen molar-refractivity contribution in [3.05, 3.63) is 53.6 Å². The molecule has 0 bridgehead atoms. The number of methoxy groups -OCH3 is 1. The average molecular weight is 425 g/mol. The molecular weight excluding hydrogens is 392 g/mol. The van der Waals surface area contributed by atoms with Crippen molar-refractivity contribution in [1.82, 2.24) is 5.32 Å². The average Bonchev–Trinajstić information content (AvgIpc) is 3.18. The summed E-state index contributed by atoms with van der Waals surface area (Å²) in [6, 6.07) is 13.2. The van der Waals surface area contributed by atoms with E-state index >= 15 is 0 Å². The quantitative estimate of drug-likeness (QED) is 0.653. The van der Waals surface area contributed by atoms with Crippen LogP contribution in [-0.2, 0) is 16.0 Å². The first kappa shape index (κ1) is 22.7. The zero-order valence-corrected chi connectivity index (χ0v) is 18.8. The van der Waals surface area contributed by atoms with Gasteiger partial charge in [-0.05, 0) is 54.7 Å². The van der Waals surface area contributed by atoms with Gasteiger partial charge in [0.25, 0.3) is 0 Å². The molecule has 1 saturated heterocycles. The maximum Gasteiger partial charge on any atom is 0.227 e. The molecule has 6 nitrogen and oxygen atoms in total. The lowest BCUT2D eigenvalue weighted by Gasteiger charge is -2.18. The van der Waals surface area contributed by atoms with E-state index in [0.29, 0.717) is 30.4 Å². The fourth-order valence-electron chi connectivity index (χ4n) is 3.61. The van der Waals surface area contributed by atoms with Crippen molar-refractivity contribution in [2.45, 2.75) is 46.1 Å². The van der Waals surface area contributed by atoms with Gasteiger partial charge in [-0.25, -0.2) is 0 Å². The van der Waals surface area contributed by atoms with Crippen molar-refractivity contribution >= 4 is 17.5 Å². The number of carbonyl (C=O) groups is 2. The topological polar surface area (TPSA) is 67.9 Å². The Morgan fingerprint density at radius 1 is 1.10 bits per heavy atom. The van der Waals surface area contributed by atoms with Crippen LogP contribution in [0.3, 0.4) is 0 Å². The molecule has 2 amide bonds. The van der Waals surface area contributed by atoms with Gasteiger partial charge in [-0.3, -0.25) is 9.59 Å². The van der Waals surface area contributed by atoms with Gasteiger partial charge in [0.1, 0.15) is 0 Å². The van der Waals surface area contributed by atoms with Gasteiger partial charge in [-0.1, -0.05) is 32.0 Å². The van der Waals surface area contributed by atoms with Crippen LogP contribution in [0.15, 0.2) is 42.5 Å². The number of rotatable bonds is 9. The number of amides is 2. The third kappa shape index (κ3) is 6.00. The Hall–Kier alpha value is -3.02. The van der Waals surface area contributed by atoms with Gasteiger partial charge in [0.15, 0.2) is 11.5 Å².